The SMILES string of the molecule is O=CCCNc1ccc(S(=O)(=O)NC(=O)c2ccc(N3CCC([C@@H](O)c4ccccc4-c4ccc(Cl)cc4)CC3)cc2Oc2cnc3[nH]ccc3c2)cc1S(=O)(=O)C(F)(F)F. The number of hydrogen-bond donors (Lipinski definition) is 4. The number of benzene rings is 4. The van der Waals surface area contributed by atoms with Crippen molar-refractivity contribution in [3.8, 4) is 22.6 Å². The fourth-order valence-electron chi connectivity index (χ4n) is 7.12. The molecule has 6 aromatic rings. The topological polar surface area (TPSA) is 188 Å². The molecule has 13 nitrogen and oxygen atoms in total. The third-order valence-corrected chi connectivity index (χ3v) is 13.4. The number of sulfone groups is 1. The van der Waals surface area contributed by atoms with Crippen molar-refractivity contribution in [1.82, 2.24) is 14.7 Å². The second kappa shape index (κ2) is 17.6. The highest BCUT2D eigenvalue weighted by Gasteiger charge is 2.48. The lowest BCUT2D eigenvalue weighted by molar-refractivity contribution is -0.107. The van der Waals surface area contributed by atoms with E-state index in [4.69, 9.17) is 16.3 Å². The molecule has 0 bridgehead atoms. The molecule has 0 radical (unpaired) electrons. The number of aromatic nitrogens is 2. The van der Waals surface area contributed by atoms with E-state index in [1.165, 1.54) is 12.3 Å². The predicted molar refractivity (Wildman–Crippen MR) is 223 cm³/mol. The van der Waals surface area contributed by atoms with Crippen molar-refractivity contribution in [3.63, 3.8) is 0 Å². The van der Waals surface area contributed by atoms with Crippen LogP contribution in [0.2, 0.25) is 5.02 Å². The summed E-state index contributed by atoms with van der Waals surface area (Å²) in [5.41, 5.74) is -2.90. The molecule has 0 aliphatic carbocycles. The normalized spacial score (nSPS) is 14.4. The number of hydrogen-bond acceptors (Lipinski definition) is 11. The maximum absolute atomic E-state index is 13.8. The fraction of sp³-hybridized carbons (Fsp3) is 0.214. The number of rotatable bonds is 14. The van der Waals surface area contributed by atoms with Gasteiger partial charge in [0, 0.05) is 54.4 Å². The summed E-state index contributed by atoms with van der Waals surface area (Å²) in [6, 6.07) is 24.8. The van der Waals surface area contributed by atoms with Gasteiger partial charge in [0.25, 0.3) is 25.8 Å². The smallest absolute Gasteiger partial charge is 0.455 e. The van der Waals surface area contributed by atoms with Gasteiger partial charge in [-0.15, -0.1) is 0 Å². The number of ether oxygens (including phenoxy) is 1. The first-order chi connectivity index (χ1) is 29.1. The van der Waals surface area contributed by atoms with Gasteiger partial charge in [0.15, 0.2) is 0 Å². The summed E-state index contributed by atoms with van der Waals surface area (Å²) in [6.07, 6.45) is 3.77. The maximum atomic E-state index is 13.8. The molecule has 1 aliphatic heterocycles. The Bertz CT molecular complexity index is 2810. The van der Waals surface area contributed by atoms with Gasteiger partial charge in [-0.1, -0.05) is 48.0 Å². The summed E-state index contributed by atoms with van der Waals surface area (Å²) in [5.74, 6) is -1.22. The first kappa shape index (κ1) is 43.1. The number of aldehydes is 1. The number of alkyl halides is 3. The van der Waals surface area contributed by atoms with Crippen LogP contribution in [0.1, 0.15) is 41.3 Å². The zero-order valence-corrected chi connectivity index (χ0v) is 34.3. The van der Waals surface area contributed by atoms with E-state index in [2.05, 4.69) is 15.3 Å². The third-order valence-electron chi connectivity index (χ3n) is 10.3. The monoisotopic (exact) mass is 895 g/mol. The quantitative estimate of drug-likeness (QED) is 0.0612. The lowest BCUT2D eigenvalue weighted by Gasteiger charge is -2.36. The summed E-state index contributed by atoms with van der Waals surface area (Å²) in [6.45, 7) is 0.770. The molecule has 1 atom stereocenters. The highest BCUT2D eigenvalue weighted by Crippen LogP contribution is 2.40. The lowest BCUT2D eigenvalue weighted by atomic mass is 9.84. The summed E-state index contributed by atoms with van der Waals surface area (Å²) in [4.78, 5) is 31.5. The van der Waals surface area contributed by atoms with Crippen LogP contribution in [0.15, 0.2) is 119 Å². The number of halogens is 4. The molecule has 1 fully saturated rings. The highest BCUT2D eigenvalue weighted by molar-refractivity contribution is 7.92. The minimum atomic E-state index is -6.09. The van der Waals surface area contributed by atoms with E-state index in [0.29, 0.717) is 54.0 Å². The van der Waals surface area contributed by atoms with E-state index in [1.54, 1.807) is 42.6 Å². The number of carbonyl (C=O) groups is 2. The molecule has 2 aromatic heterocycles. The van der Waals surface area contributed by atoms with Crippen LogP contribution in [-0.4, -0.2) is 69.2 Å². The minimum Gasteiger partial charge on any atom is -0.455 e. The summed E-state index contributed by atoms with van der Waals surface area (Å²) in [7, 11) is -11.1. The largest absolute Gasteiger partial charge is 0.501 e. The van der Waals surface area contributed by atoms with Gasteiger partial charge in [-0.05, 0) is 90.0 Å². The van der Waals surface area contributed by atoms with Crippen LogP contribution in [0.25, 0.3) is 22.2 Å². The molecule has 61 heavy (non-hydrogen) atoms. The van der Waals surface area contributed by atoms with Gasteiger partial charge in [-0.3, -0.25) is 4.79 Å². The van der Waals surface area contributed by atoms with Gasteiger partial charge in [0.05, 0.1) is 28.4 Å². The molecule has 318 valence electrons. The Labute approximate surface area is 353 Å². The Morgan fingerprint density at radius 3 is 2.44 bits per heavy atom. The first-order valence-corrected chi connectivity index (χ1v) is 22.1. The van der Waals surface area contributed by atoms with Gasteiger partial charge >= 0.3 is 5.51 Å². The van der Waals surface area contributed by atoms with Crippen LogP contribution in [0.4, 0.5) is 24.5 Å². The maximum Gasteiger partial charge on any atom is 0.501 e. The second-order valence-electron chi connectivity index (χ2n) is 14.2. The van der Waals surface area contributed by atoms with Crippen LogP contribution in [0.5, 0.6) is 11.5 Å². The van der Waals surface area contributed by atoms with Crippen molar-refractivity contribution in [1.29, 1.82) is 0 Å². The van der Waals surface area contributed by atoms with Crippen molar-refractivity contribution in [2.24, 2.45) is 5.92 Å². The number of anilines is 2. The molecule has 0 saturated carbocycles. The summed E-state index contributed by atoms with van der Waals surface area (Å²) < 4.78 is 101. The van der Waals surface area contributed by atoms with Gasteiger partial charge in [0.1, 0.15) is 28.3 Å². The predicted octanol–water partition coefficient (Wildman–Crippen LogP) is 8.04. The zero-order valence-electron chi connectivity index (χ0n) is 31.9. The number of aromatic amines is 1. The van der Waals surface area contributed by atoms with Gasteiger partial charge < -0.3 is 29.8 Å². The van der Waals surface area contributed by atoms with E-state index >= 15 is 0 Å². The number of carbonyl (C=O) groups excluding carboxylic acids is 2. The van der Waals surface area contributed by atoms with E-state index in [1.807, 2.05) is 46.0 Å². The Hall–Kier alpha value is -5.95. The standard InChI is InChI=1S/C42H37ClF3N5O8S2/c43-29-8-6-26(7-9-29)33-4-1-2-5-34(33)39(53)27-15-19-51(20-16-27)30-10-12-35(37(23-30)59-31-22-28-14-18-48-40(28)49-25-31)41(54)50-61(57,58)32-11-13-36(47-17-3-21-52)38(24-32)60(55,56)42(44,45)46/h1-2,4-14,18,21-25,27,39,47,53H,3,15-17,19-20H2,(H,48,49)(H,50,54)/t39-/m1/s1. The molecule has 0 unspecified atom stereocenters. The molecule has 1 aliphatic rings. The molecule has 3 heterocycles. The second-order valence-corrected chi connectivity index (χ2v) is 18.2. The van der Waals surface area contributed by atoms with Crippen molar-refractivity contribution < 1.29 is 49.4 Å². The zero-order chi connectivity index (χ0) is 43.5. The van der Waals surface area contributed by atoms with Crippen LogP contribution in [-0.2, 0) is 24.7 Å². The molecular formula is C42H37ClF3N5O8S2. The van der Waals surface area contributed by atoms with Crippen molar-refractivity contribution in [3.05, 3.63) is 126 Å². The summed E-state index contributed by atoms with van der Waals surface area (Å²) >= 11 is 6.11. The van der Waals surface area contributed by atoms with Crippen molar-refractivity contribution in [2.45, 2.75) is 40.7 Å². The fourth-order valence-corrected chi connectivity index (χ4v) is 9.28. The minimum absolute atomic E-state index is 0.0870. The number of amides is 1. The number of aliphatic hydroxyl groups is 1. The van der Waals surface area contributed by atoms with E-state index in [9.17, 15) is 44.7 Å². The number of pyridine rings is 1. The lowest BCUT2D eigenvalue weighted by Crippen LogP contribution is -2.36. The Morgan fingerprint density at radius 2 is 1.72 bits per heavy atom. The average molecular weight is 896 g/mol. The Kier molecular flexibility index (Phi) is 12.4. The van der Waals surface area contributed by atoms with E-state index in [0.717, 1.165) is 28.8 Å². The molecule has 1 amide bonds. The molecule has 0 spiro atoms. The van der Waals surface area contributed by atoms with Gasteiger partial charge in [-0.2, -0.15) is 13.2 Å². The van der Waals surface area contributed by atoms with Crippen LogP contribution < -0.4 is 19.7 Å². The highest BCUT2D eigenvalue weighted by atomic mass is 35.5. The van der Waals surface area contributed by atoms with E-state index in [-0.39, 0.29) is 42.0 Å². The number of nitrogens with zero attached hydrogens (tertiary/aromatic N) is 2. The number of sulfonamides is 1. The molecule has 7 rings (SSSR count). The first-order valence-electron chi connectivity index (χ1n) is 18.8. The number of piperidine rings is 1. The summed E-state index contributed by atoms with van der Waals surface area (Å²) in [5, 5.41) is 15.3. The van der Waals surface area contributed by atoms with E-state index < -0.39 is 52.9 Å². The molecular weight excluding hydrogens is 859 g/mol. The van der Waals surface area contributed by atoms with Crippen molar-refractivity contribution in [2.75, 3.05) is 29.9 Å². The van der Waals surface area contributed by atoms with Crippen LogP contribution in [0, 0.1) is 5.92 Å². The molecule has 1 saturated heterocycles. The van der Waals surface area contributed by atoms with Crippen LogP contribution in [0.3, 0.4) is 0 Å². The van der Waals surface area contributed by atoms with Crippen molar-refractivity contribution >= 4 is 66.1 Å². The average Bonchev–Trinajstić information content (AvgIpc) is 3.71. The Morgan fingerprint density at radius 1 is 0.984 bits per heavy atom. The molecule has 19 heteroatoms. The number of nitrogens with one attached hydrogen (secondary N) is 3. The number of fused-ring (bicyclic) bond motifs is 1. The molecule has 4 aromatic carbocycles. The number of aliphatic hydroxyl groups excluding tert-OH is 1. The third kappa shape index (κ3) is 9.36. The Balaban J connectivity index is 1.15. The molecule has 4 N–H and O–H groups in total. The number of H-pyrrole nitrogens is 1. The van der Waals surface area contributed by atoms with Gasteiger partial charge in [-0.25, -0.2) is 26.5 Å². The van der Waals surface area contributed by atoms with Gasteiger partial charge in [0.2, 0.25) is 0 Å². The van der Waals surface area contributed by atoms with Crippen LogP contribution >= 0.6 is 11.6 Å².